The van der Waals surface area contributed by atoms with Gasteiger partial charge in [-0.15, -0.1) is 0 Å². The molecule has 0 amide bonds. The van der Waals surface area contributed by atoms with Gasteiger partial charge in [-0.2, -0.15) is 0 Å². The summed E-state index contributed by atoms with van der Waals surface area (Å²) in [5.41, 5.74) is 4.58. The van der Waals surface area contributed by atoms with E-state index >= 15 is 0 Å². The number of fused-ring (bicyclic) bond motifs is 1. The Morgan fingerprint density at radius 1 is 1.32 bits per heavy atom. The summed E-state index contributed by atoms with van der Waals surface area (Å²) in [6.45, 7) is 4.29. The van der Waals surface area contributed by atoms with Crippen LogP contribution in [-0.4, -0.2) is 9.55 Å². The van der Waals surface area contributed by atoms with Crippen molar-refractivity contribution in [2.45, 2.75) is 26.7 Å². The van der Waals surface area contributed by atoms with Gasteiger partial charge in [-0.1, -0.05) is 6.92 Å². The first kappa shape index (κ1) is 12.0. The van der Waals surface area contributed by atoms with Crippen LogP contribution < -0.4 is 0 Å². The molecule has 0 unspecified atom stereocenters. The Labute approximate surface area is 112 Å². The lowest BCUT2D eigenvalue weighted by Crippen LogP contribution is -1.96. The Hall–Kier alpha value is -2.03. The van der Waals surface area contributed by atoms with Crippen molar-refractivity contribution in [3.05, 3.63) is 41.9 Å². The average molecular weight is 254 g/mol. The van der Waals surface area contributed by atoms with Crippen molar-refractivity contribution in [3.8, 4) is 11.3 Å². The largest absolute Gasteiger partial charge is 0.464 e. The molecule has 0 atom stereocenters. The lowest BCUT2D eigenvalue weighted by atomic mass is 10.1. The number of hydrogen-bond donors (Lipinski definition) is 0. The highest BCUT2D eigenvalue weighted by Gasteiger charge is 2.12. The predicted octanol–water partition coefficient (Wildman–Crippen LogP) is 4.09. The van der Waals surface area contributed by atoms with E-state index in [0.717, 1.165) is 35.5 Å². The number of rotatable bonds is 3. The van der Waals surface area contributed by atoms with Crippen LogP contribution in [0, 0.1) is 6.92 Å². The molecule has 98 valence electrons. The highest BCUT2D eigenvalue weighted by atomic mass is 16.3. The second kappa shape index (κ2) is 4.57. The molecule has 0 fully saturated rings. The molecule has 0 N–H and O–H groups in total. The normalized spacial score (nSPS) is 11.3. The van der Waals surface area contributed by atoms with Gasteiger partial charge >= 0.3 is 0 Å². The summed E-state index contributed by atoms with van der Waals surface area (Å²) in [6.07, 6.45) is 3.84. The van der Waals surface area contributed by atoms with Crippen LogP contribution in [0.3, 0.4) is 0 Å². The summed E-state index contributed by atoms with van der Waals surface area (Å²) < 4.78 is 7.68. The van der Waals surface area contributed by atoms with Gasteiger partial charge in [-0.05, 0) is 43.2 Å². The van der Waals surface area contributed by atoms with Gasteiger partial charge in [0.1, 0.15) is 11.6 Å². The van der Waals surface area contributed by atoms with Crippen LogP contribution in [0.2, 0.25) is 0 Å². The molecule has 0 saturated heterocycles. The van der Waals surface area contributed by atoms with Gasteiger partial charge in [0.25, 0.3) is 0 Å². The van der Waals surface area contributed by atoms with Crippen LogP contribution >= 0.6 is 0 Å². The minimum atomic E-state index is 0.906. The highest BCUT2D eigenvalue weighted by molar-refractivity contribution is 5.84. The van der Waals surface area contributed by atoms with Crippen molar-refractivity contribution in [1.29, 1.82) is 0 Å². The van der Waals surface area contributed by atoms with Gasteiger partial charge in [0, 0.05) is 19.0 Å². The number of aromatic nitrogens is 2. The van der Waals surface area contributed by atoms with Crippen molar-refractivity contribution in [3.63, 3.8) is 0 Å². The molecule has 3 nitrogen and oxygen atoms in total. The number of imidazole rings is 1. The first-order valence-corrected chi connectivity index (χ1v) is 6.70. The van der Waals surface area contributed by atoms with E-state index < -0.39 is 0 Å². The molecule has 2 aromatic heterocycles. The molecule has 1 aromatic carbocycles. The molecule has 0 spiro atoms. The molecule has 3 heteroatoms. The first-order chi connectivity index (χ1) is 9.20. The third-order valence-electron chi connectivity index (χ3n) is 3.55. The van der Waals surface area contributed by atoms with Gasteiger partial charge < -0.3 is 8.98 Å². The Morgan fingerprint density at radius 3 is 2.84 bits per heavy atom. The number of furan rings is 1. The Balaban J connectivity index is 2.22. The van der Waals surface area contributed by atoms with E-state index in [0.29, 0.717) is 0 Å². The summed E-state index contributed by atoms with van der Waals surface area (Å²) in [5.74, 6) is 2.06. The van der Waals surface area contributed by atoms with Gasteiger partial charge in [0.15, 0.2) is 0 Å². The van der Waals surface area contributed by atoms with Crippen molar-refractivity contribution < 1.29 is 4.42 Å². The minimum Gasteiger partial charge on any atom is -0.464 e. The van der Waals surface area contributed by atoms with E-state index in [2.05, 4.69) is 37.6 Å². The second-order valence-corrected chi connectivity index (χ2v) is 4.98. The van der Waals surface area contributed by atoms with Gasteiger partial charge in [-0.3, -0.25) is 0 Å². The predicted molar refractivity (Wildman–Crippen MR) is 77.1 cm³/mol. The van der Waals surface area contributed by atoms with Crippen LogP contribution in [-0.2, 0) is 13.5 Å². The quantitative estimate of drug-likeness (QED) is 0.704. The second-order valence-electron chi connectivity index (χ2n) is 4.98. The average Bonchev–Trinajstić information content (AvgIpc) is 3.01. The zero-order valence-electron chi connectivity index (χ0n) is 11.6. The molecule has 0 aliphatic heterocycles. The third kappa shape index (κ3) is 1.95. The van der Waals surface area contributed by atoms with Crippen LogP contribution in [0.15, 0.2) is 34.9 Å². The van der Waals surface area contributed by atoms with E-state index in [1.165, 1.54) is 11.1 Å². The lowest BCUT2D eigenvalue weighted by molar-refractivity contribution is 0.582. The number of benzene rings is 1. The molecule has 19 heavy (non-hydrogen) atoms. The summed E-state index contributed by atoms with van der Waals surface area (Å²) in [6, 6.07) is 8.21. The summed E-state index contributed by atoms with van der Waals surface area (Å²) in [5, 5.41) is 0. The maximum absolute atomic E-state index is 5.49. The molecule has 0 aliphatic rings. The molecular weight excluding hydrogens is 236 g/mol. The summed E-state index contributed by atoms with van der Waals surface area (Å²) in [4.78, 5) is 4.76. The molecule has 0 radical (unpaired) electrons. The molecular formula is C16H18N2O. The monoisotopic (exact) mass is 254 g/mol. The maximum Gasteiger partial charge on any atom is 0.133 e. The number of nitrogens with zero attached hydrogens (tertiary/aromatic N) is 2. The highest BCUT2D eigenvalue weighted by Crippen LogP contribution is 2.28. The van der Waals surface area contributed by atoms with E-state index in [-0.39, 0.29) is 0 Å². The van der Waals surface area contributed by atoms with Crippen molar-refractivity contribution >= 4 is 11.0 Å². The van der Waals surface area contributed by atoms with E-state index in [9.17, 15) is 0 Å². The third-order valence-corrected chi connectivity index (χ3v) is 3.55. The Bertz CT molecular complexity index is 708. The van der Waals surface area contributed by atoms with Crippen LogP contribution in [0.4, 0.5) is 0 Å². The molecule has 3 aromatic rings. The van der Waals surface area contributed by atoms with Gasteiger partial charge in [0.2, 0.25) is 0 Å². The van der Waals surface area contributed by atoms with E-state index in [1.54, 1.807) is 6.26 Å². The minimum absolute atomic E-state index is 0.906. The van der Waals surface area contributed by atoms with Crippen LogP contribution in [0.1, 0.15) is 24.7 Å². The smallest absolute Gasteiger partial charge is 0.133 e. The first-order valence-electron chi connectivity index (χ1n) is 6.70. The van der Waals surface area contributed by atoms with Crippen molar-refractivity contribution in [2.75, 3.05) is 0 Å². The van der Waals surface area contributed by atoms with Gasteiger partial charge in [0.05, 0.1) is 17.3 Å². The maximum atomic E-state index is 5.49. The SMILES string of the molecule is CCCc1nc2c(C)cc(-c3ccco3)cc2n1C. The standard InChI is InChI=1S/C16H18N2O/c1-4-6-15-17-16-11(2)9-12(10-13(16)18(15)3)14-7-5-8-19-14/h5,7-10H,4,6H2,1-3H3. The molecule has 0 bridgehead atoms. The van der Waals surface area contributed by atoms with Crippen molar-refractivity contribution in [1.82, 2.24) is 9.55 Å². The Kier molecular flexibility index (Phi) is 2.90. The Morgan fingerprint density at radius 2 is 2.16 bits per heavy atom. The molecule has 3 rings (SSSR count). The zero-order valence-corrected chi connectivity index (χ0v) is 11.6. The number of hydrogen-bond acceptors (Lipinski definition) is 2. The zero-order chi connectivity index (χ0) is 13.4. The van der Waals surface area contributed by atoms with E-state index in [4.69, 9.17) is 9.40 Å². The fourth-order valence-corrected chi connectivity index (χ4v) is 2.54. The topological polar surface area (TPSA) is 31.0 Å². The van der Waals surface area contributed by atoms with Crippen molar-refractivity contribution in [2.24, 2.45) is 7.05 Å². The number of aryl methyl sites for hydroxylation is 3. The molecule has 0 saturated carbocycles. The summed E-state index contributed by atoms with van der Waals surface area (Å²) in [7, 11) is 2.09. The van der Waals surface area contributed by atoms with Gasteiger partial charge in [-0.25, -0.2) is 4.98 Å². The van der Waals surface area contributed by atoms with E-state index in [1.807, 2.05) is 12.1 Å². The lowest BCUT2D eigenvalue weighted by Gasteiger charge is -2.03. The van der Waals surface area contributed by atoms with Crippen LogP contribution in [0.25, 0.3) is 22.4 Å². The summed E-state index contributed by atoms with van der Waals surface area (Å²) >= 11 is 0. The molecule has 2 heterocycles. The molecule has 0 aliphatic carbocycles. The fraction of sp³-hybridized carbons (Fsp3) is 0.312. The fourth-order valence-electron chi connectivity index (χ4n) is 2.54. The van der Waals surface area contributed by atoms with Crippen LogP contribution in [0.5, 0.6) is 0 Å².